The zero-order valence-corrected chi connectivity index (χ0v) is 16.3. The lowest BCUT2D eigenvalue weighted by atomic mass is 10.1. The van der Waals surface area contributed by atoms with E-state index in [2.05, 4.69) is 5.32 Å². The number of β-amino-alcohol motifs (C(OH)–C–C–N with tert-alkyl or cyclic N) is 1. The summed E-state index contributed by atoms with van der Waals surface area (Å²) in [6.45, 7) is 2.40. The summed E-state index contributed by atoms with van der Waals surface area (Å²) >= 11 is 0. The average molecular weight is 403 g/mol. The summed E-state index contributed by atoms with van der Waals surface area (Å²) in [6.07, 6.45) is 0.707. The molecule has 0 unspecified atom stereocenters. The summed E-state index contributed by atoms with van der Waals surface area (Å²) in [4.78, 5) is 50.8. The van der Waals surface area contributed by atoms with E-state index < -0.39 is 24.1 Å². The molecule has 2 atom stereocenters. The Morgan fingerprint density at radius 1 is 1.28 bits per heavy atom. The van der Waals surface area contributed by atoms with Gasteiger partial charge in [-0.3, -0.25) is 19.3 Å². The Labute approximate surface area is 168 Å². The van der Waals surface area contributed by atoms with Crippen molar-refractivity contribution in [2.24, 2.45) is 0 Å². The number of hydrogen-bond acceptors (Lipinski definition) is 6. The maximum absolute atomic E-state index is 12.5. The lowest BCUT2D eigenvalue weighted by molar-refractivity contribution is -0.135. The van der Waals surface area contributed by atoms with Crippen LogP contribution < -0.4 is 10.1 Å². The smallest absolute Gasteiger partial charge is 0.324 e. The second-order valence-corrected chi connectivity index (χ2v) is 7.29. The Balaban J connectivity index is 1.50. The molecule has 0 bridgehead atoms. The van der Waals surface area contributed by atoms with E-state index in [4.69, 9.17) is 4.74 Å². The molecule has 0 spiro atoms. The van der Waals surface area contributed by atoms with Gasteiger partial charge in [-0.25, -0.2) is 4.79 Å². The number of hydrogen-bond donors (Lipinski definition) is 2. The van der Waals surface area contributed by atoms with Crippen molar-refractivity contribution in [3.05, 3.63) is 29.8 Å². The standard InChI is InChI=1S/C20H25N3O6/c1-13(24)14-5-4-6-16(9-14)29-12-15(25)11-23-19(27)17(21-20(23)28)10-18(26)22-7-2-3-8-22/h4-6,9,15,17,25H,2-3,7-8,10-12H2,1H3,(H,21,28)/t15-,17+/m1/s1. The number of likely N-dealkylation sites (tertiary alicyclic amines) is 1. The molecule has 0 aliphatic carbocycles. The Morgan fingerprint density at radius 2 is 2.00 bits per heavy atom. The molecule has 2 aliphatic heterocycles. The van der Waals surface area contributed by atoms with E-state index in [9.17, 15) is 24.3 Å². The van der Waals surface area contributed by atoms with Crippen molar-refractivity contribution in [2.75, 3.05) is 26.2 Å². The van der Waals surface area contributed by atoms with Gasteiger partial charge in [0.2, 0.25) is 5.91 Å². The number of imide groups is 1. The minimum absolute atomic E-state index is 0.0779. The van der Waals surface area contributed by atoms with Gasteiger partial charge in [-0.05, 0) is 31.9 Å². The molecule has 0 saturated carbocycles. The van der Waals surface area contributed by atoms with Crippen molar-refractivity contribution >= 4 is 23.6 Å². The molecule has 0 aromatic heterocycles. The topological polar surface area (TPSA) is 116 Å². The van der Waals surface area contributed by atoms with Crippen molar-refractivity contribution in [3.8, 4) is 5.75 Å². The van der Waals surface area contributed by atoms with Crippen molar-refractivity contribution in [1.82, 2.24) is 15.1 Å². The number of aliphatic hydroxyl groups is 1. The molecule has 29 heavy (non-hydrogen) atoms. The molecule has 0 radical (unpaired) electrons. The lowest BCUT2D eigenvalue weighted by Gasteiger charge is -2.19. The highest BCUT2D eigenvalue weighted by atomic mass is 16.5. The number of nitrogens with zero attached hydrogens (tertiary/aromatic N) is 2. The normalized spacial score (nSPS) is 20.0. The molecule has 2 N–H and O–H groups in total. The molecule has 9 heteroatoms. The van der Waals surface area contributed by atoms with Crippen LogP contribution in [0.25, 0.3) is 0 Å². The first-order valence-corrected chi connectivity index (χ1v) is 9.66. The third kappa shape index (κ3) is 5.11. The predicted molar refractivity (Wildman–Crippen MR) is 102 cm³/mol. The first-order valence-electron chi connectivity index (χ1n) is 9.66. The average Bonchev–Trinajstić information content (AvgIpc) is 3.32. The highest BCUT2D eigenvalue weighted by Gasteiger charge is 2.40. The van der Waals surface area contributed by atoms with E-state index in [0.717, 1.165) is 17.7 Å². The van der Waals surface area contributed by atoms with Gasteiger partial charge < -0.3 is 20.1 Å². The number of ketones is 1. The molecular formula is C20H25N3O6. The maximum Gasteiger partial charge on any atom is 0.324 e. The molecular weight excluding hydrogens is 378 g/mol. The summed E-state index contributed by atoms with van der Waals surface area (Å²) < 4.78 is 5.47. The summed E-state index contributed by atoms with van der Waals surface area (Å²) in [6, 6.07) is 4.98. The number of rotatable bonds is 8. The van der Waals surface area contributed by atoms with E-state index in [1.165, 1.54) is 6.92 Å². The number of Topliss-reactive ketones (excluding diaryl/α,β-unsaturated/α-hetero) is 1. The van der Waals surface area contributed by atoms with Gasteiger partial charge in [-0.2, -0.15) is 0 Å². The molecule has 156 valence electrons. The second kappa shape index (κ2) is 9.04. The van der Waals surface area contributed by atoms with Crippen LogP contribution in [0.5, 0.6) is 5.75 Å². The zero-order valence-electron chi connectivity index (χ0n) is 16.3. The second-order valence-electron chi connectivity index (χ2n) is 7.29. The van der Waals surface area contributed by atoms with Crippen molar-refractivity contribution in [1.29, 1.82) is 0 Å². The minimum Gasteiger partial charge on any atom is -0.491 e. The molecule has 2 fully saturated rings. The minimum atomic E-state index is -1.11. The molecule has 2 aliphatic rings. The van der Waals surface area contributed by atoms with Gasteiger partial charge in [-0.15, -0.1) is 0 Å². The van der Waals surface area contributed by atoms with Crippen LogP contribution in [0.4, 0.5) is 4.79 Å². The van der Waals surface area contributed by atoms with E-state index in [1.54, 1.807) is 29.2 Å². The summed E-state index contributed by atoms with van der Waals surface area (Å²) in [5.41, 5.74) is 0.483. The third-order valence-corrected chi connectivity index (χ3v) is 5.02. The molecule has 1 aromatic carbocycles. The van der Waals surface area contributed by atoms with E-state index in [-0.39, 0.29) is 31.3 Å². The van der Waals surface area contributed by atoms with Crippen LogP contribution in [0.15, 0.2) is 24.3 Å². The van der Waals surface area contributed by atoms with Gasteiger partial charge in [0.25, 0.3) is 5.91 Å². The van der Waals surface area contributed by atoms with E-state index in [1.807, 2.05) is 0 Å². The van der Waals surface area contributed by atoms with Gasteiger partial charge in [0.05, 0.1) is 13.0 Å². The van der Waals surface area contributed by atoms with Gasteiger partial charge >= 0.3 is 6.03 Å². The number of amides is 4. The quantitative estimate of drug-likeness (QED) is 0.484. The van der Waals surface area contributed by atoms with Crippen molar-refractivity contribution < 1.29 is 29.0 Å². The maximum atomic E-state index is 12.5. The van der Waals surface area contributed by atoms with Crippen LogP contribution in [-0.4, -0.2) is 76.9 Å². The highest BCUT2D eigenvalue weighted by molar-refractivity contribution is 6.05. The first-order chi connectivity index (χ1) is 13.8. The van der Waals surface area contributed by atoms with Crippen molar-refractivity contribution in [3.63, 3.8) is 0 Å². The number of urea groups is 1. The summed E-state index contributed by atoms with van der Waals surface area (Å²) in [5.74, 6) is -0.384. The van der Waals surface area contributed by atoms with Gasteiger partial charge in [-0.1, -0.05) is 12.1 Å². The van der Waals surface area contributed by atoms with Crippen LogP contribution in [0.3, 0.4) is 0 Å². The zero-order chi connectivity index (χ0) is 21.0. The molecule has 3 rings (SSSR count). The number of carbonyl (C=O) groups is 4. The summed E-state index contributed by atoms with van der Waals surface area (Å²) in [7, 11) is 0. The highest BCUT2D eigenvalue weighted by Crippen LogP contribution is 2.16. The third-order valence-electron chi connectivity index (χ3n) is 5.02. The number of benzene rings is 1. The van der Waals surface area contributed by atoms with Gasteiger partial charge in [0.1, 0.15) is 24.5 Å². The number of nitrogens with one attached hydrogen (secondary N) is 1. The Kier molecular flexibility index (Phi) is 6.48. The lowest BCUT2D eigenvalue weighted by Crippen LogP contribution is -2.41. The Morgan fingerprint density at radius 3 is 2.69 bits per heavy atom. The fraction of sp³-hybridized carbons (Fsp3) is 0.500. The first kappa shape index (κ1) is 20.8. The van der Waals surface area contributed by atoms with Crippen LogP contribution >= 0.6 is 0 Å². The fourth-order valence-electron chi connectivity index (χ4n) is 3.42. The van der Waals surface area contributed by atoms with Crippen LogP contribution in [0.1, 0.15) is 36.5 Å². The number of carbonyl (C=O) groups excluding carboxylic acids is 4. The fourth-order valence-corrected chi connectivity index (χ4v) is 3.42. The molecule has 1 aromatic rings. The Bertz CT molecular complexity index is 805. The summed E-state index contributed by atoms with van der Waals surface area (Å²) in [5, 5.41) is 12.7. The SMILES string of the molecule is CC(=O)c1cccc(OC[C@H](O)CN2C(=O)N[C@@H](CC(=O)N3CCCC3)C2=O)c1. The monoisotopic (exact) mass is 403 g/mol. The van der Waals surface area contributed by atoms with Crippen molar-refractivity contribution in [2.45, 2.75) is 38.3 Å². The molecule has 4 amide bonds. The van der Waals surface area contributed by atoms with Crippen LogP contribution in [0, 0.1) is 0 Å². The predicted octanol–water partition coefficient (Wildman–Crippen LogP) is 0.562. The number of aliphatic hydroxyl groups excluding tert-OH is 1. The Hall–Kier alpha value is -2.94. The van der Waals surface area contributed by atoms with Crippen LogP contribution in [-0.2, 0) is 9.59 Å². The van der Waals surface area contributed by atoms with E-state index in [0.29, 0.717) is 24.4 Å². The van der Waals surface area contributed by atoms with E-state index >= 15 is 0 Å². The molecule has 2 heterocycles. The van der Waals surface area contributed by atoms with Crippen LogP contribution in [0.2, 0.25) is 0 Å². The largest absolute Gasteiger partial charge is 0.491 e. The number of ether oxygens (including phenoxy) is 1. The molecule has 2 saturated heterocycles. The van der Waals surface area contributed by atoms with Gasteiger partial charge in [0, 0.05) is 18.7 Å². The van der Waals surface area contributed by atoms with Gasteiger partial charge in [0.15, 0.2) is 5.78 Å². The molecule has 9 nitrogen and oxygen atoms in total.